The van der Waals surface area contributed by atoms with Gasteiger partial charge in [-0.05, 0) is 94.5 Å². The van der Waals surface area contributed by atoms with Gasteiger partial charge in [-0.25, -0.2) is 4.98 Å². The number of rotatable bonds is 16. The average Bonchev–Trinajstić information content (AvgIpc) is 3.86. The Hall–Kier alpha value is -4.59. The van der Waals surface area contributed by atoms with Crippen LogP contribution in [-0.2, 0) is 24.0 Å². The number of thiol groups is 1. The SMILES string of the molecule is C=CC1=C(/C=C\C)CCC1.C=CCNC(=O)C(=O)C(CC1CC1)NC=O.CC.CC.CC.CC1CCCN1C(=O)CNC(=O)C(NC(=O)c1cnccn1)C1CCCCC1.CS. The van der Waals surface area contributed by atoms with Crippen LogP contribution in [0.3, 0.4) is 0 Å². The first kappa shape index (κ1) is 59.5. The normalized spacial score (nSPS) is 17.1. The summed E-state index contributed by atoms with van der Waals surface area (Å²) in [5.74, 6) is -1.51. The molecule has 3 unspecified atom stereocenters. The number of nitrogens with zero attached hydrogens (tertiary/aromatic N) is 3. The molecule has 1 aliphatic heterocycles. The second-order valence-electron chi connectivity index (χ2n) is 14.2. The monoisotopic (exact) mass is 884 g/mol. The highest BCUT2D eigenvalue weighted by molar-refractivity contribution is 7.79. The van der Waals surface area contributed by atoms with Crippen molar-refractivity contribution in [3.8, 4) is 0 Å². The van der Waals surface area contributed by atoms with Crippen LogP contribution in [0.2, 0.25) is 0 Å². The Balaban J connectivity index is 0. The van der Waals surface area contributed by atoms with Gasteiger partial charge < -0.3 is 26.2 Å². The van der Waals surface area contributed by atoms with Crippen molar-refractivity contribution in [1.82, 2.24) is 36.1 Å². The smallest absolute Gasteiger partial charge is 0.289 e. The van der Waals surface area contributed by atoms with Crippen LogP contribution in [0, 0.1) is 11.8 Å². The Morgan fingerprint density at radius 1 is 0.871 bits per heavy atom. The fourth-order valence-corrected chi connectivity index (χ4v) is 7.02. The molecule has 2 heterocycles. The molecule has 13 nitrogen and oxygen atoms in total. The van der Waals surface area contributed by atoms with E-state index >= 15 is 0 Å². The topological polar surface area (TPSA) is 180 Å². The van der Waals surface area contributed by atoms with E-state index in [1.807, 2.05) is 59.4 Å². The van der Waals surface area contributed by atoms with Gasteiger partial charge in [0.2, 0.25) is 24.0 Å². The molecule has 3 atom stereocenters. The van der Waals surface area contributed by atoms with Crippen LogP contribution in [0.25, 0.3) is 0 Å². The van der Waals surface area contributed by atoms with Crippen molar-refractivity contribution in [2.45, 2.75) is 157 Å². The van der Waals surface area contributed by atoms with Crippen molar-refractivity contribution in [3.63, 3.8) is 0 Å². The van der Waals surface area contributed by atoms with Gasteiger partial charge >= 0.3 is 0 Å². The number of aromatic nitrogens is 2. The summed E-state index contributed by atoms with van der Waals surface area (Å²) < 4.78 is 0. The van der Waals surface area contributed by atoms with Crippen LogP contribution in [0.4, 0.5) is 0 Å². The fourth-order valence-electron chi connectivity index (χ4n) is 7.02. The molecule has 4 aliphatic rings. The van der Waals surface area contributed by atoms with Gasteiger partial charge in [-0.3, -0.25) is 33.8 Å². The highest BCUT2D eigenvalue weighted by atomic mass is 32.1. The van der Waals surface area contributed by atoms with E-state index < -0.39 is 29.7 Å². The second-order valence-corrected chi connectivity index (χ2v) is 14.2. The number of carbonyl (C=O) groups excluding carboxylic acids is 6. The molecule has 62 heavy (non-hydrogen) atoms. The molecule has 1 aromatic rings. The van der Waals surface area contributed by atoms with E-state index in [1.165, 1.54) is 55.1 Å². The molecule has 0 aromatic carbocycles. The number of likely N-dealkylation sites (tertiary alicyclic amines) is 1. The van der Waals surface area contributed by atoms with Crippen LogP contribution in [0.5, 0.6) is 0 Å². The molecule has 2 saturated carbocycles. The summed E-state index contributed by atoms with van der Waals surface area (Å²) >= 11 is 3.53. The molecule has 0 bridgehead atoms. The van der Waals surface area contributed by atoms with Crippen molar-refractivity contribution < 1.29 is 28.8 Å². The Kier molecular flexibility index (Phi) is 36.6. The van der Waals surface area contributed by atoms with Crippen LogP contribution in [-0.4, -0.2) is 94.7 Å². The zero-order valence-electron chi connectivity index (χ0n) is 39.5. The third-order valence-electron chi connectivity index (χ3n) is 10.2. The van der Waals surface area contributed by atoms with Crippen LogP contribution in [0.1, 0.15) is 149 Å². The van der Waals surface area contributed by atoms with E-state index in [0.717, 1.165) is 64.3 Å². The molecule has 0 spiro atoms. The number of ketones is 1. The van der Waals surface area contributed by atoms with Gasteiger partial charge in [0, 0.05) is 31.5 Å². The summed E-state index contributed by atoms with van der Waals surface area (Å²) in [4.78, 5) is 80.9. The van der Waals surface area contributed by atoms with Crippen molar-refractivity contribution in [3.05, 3.63) is 72.9 Å². The van der Waals surface area contributed by atoms with Crippen molar-refractivity contribution in [2.24, 2.45) is 11.8 Å². The fraction of sp³-hybridized carbons (Fsp3) is 0.625. The Labute approximate surface area is 379 Å². The van der Waals surface area contributed by atoms with Gasteiger partial charge in [-0.2, -0.15) is 12.6 Å². The lowest BCUT2D eigenvalue weighted by molar-refractivity contribution is -0.139. The molecule has 5 rings (SSSR count). The number of Topliss-reactive ketones (excluding diaryl/α,β-unsaturated/α-hetero) is 1. The molecule has 1 saturated heterocycles. The van der Waals surface area contributed by atoms with Gasteiger partial charge in [-0.1, -0.05) is 105 Å². The maximum atomic E-state index is 12.9. The Morgan fingerprint density at radius 3 is 2.03 bits per heavy atom. The number of nitrogens with one attached hydrogen (secondary N) is 4. The number of allylic oxidation sites excluding steroid dienone is 5. The first-order chi connectivity index (χ1) is 30.1. The van der Waals surface area contributed by atoms with E-state index in [2.05, 4.69) is 76.1 Å². The van der Waals surface area contributed by atoms with Gasteiger partial charge in [0.25, 0.3) is 11.8 Å². The standard InChI is InChI=1S/C20H29N5O3.C11H16N2O3.C10H14.3C2H6.CH4S/c1-14-6-5-11-25(14)17(26)13-23-20(28)18(15-7-3-2-4-8-15)24-19(27)16-12-21-9-10-22-16;1-2-5-12-11(16)10(15)9(13-7-14)6-8-3-4-8;1-3-6-10-8-5-7-9(10)4-2;4*1-2/h9-10,12,14-15,18H,2-8,11,13H2,1H3,(H,23,28)(H,24,27);2,7-9H,1,3-6H2,(H,12,16)(H,13,14);3-4,6H,2,5,7-8H2,1H3;3*1-2H3;2H,1H3/b;;6-3-;;;;. The summed E-state index contributed by atoms with van der Waals surface area (Å²) in [6, 6.07) is -1.14. The summed E-state index contributed by atoms with van der Waals surface area (Å²) in [5.41, 5.74) is 3.11. The van der Waals surface area contributed by atoms with Crippen LogP contribution >= 0.6 is 12.6 Å². The van der Waals surface area contributed by atoms with Crippen molar-refractivity contribution in [2.75, 3.05) is 25.9 Å². The summed E-state index contributed by atoms with van der Waals surface area (Å²) in [6.45, 7) is 24.3. The average molecular weight is 884 g/mol. The lowest BCUT2D eigenvalue weighted by Gasteiger charge is -2.30. The number of amides is 5. The van der Waals surface area contributed by atoms with Crippen molar-refractivity contribution >= 4 is 48.5 Å². The predicted octanol–water partition coefficient (Wildman–Crippen LogP) is 7.91. The third-order valence-corrected chi connectivity index (χ3v) is 10.2. The number of carbonyl (C=O) groups is 6. The van der Waals surface area contributed by atoms with Gasteiger partial charge in [0.1, 0.15) is 11.7 Å². The molecular formula is C48H81N7O6S. The molecule has 0 radical (unpaired) electrons. The minimum atomic E-state index is -0.685. The zero-order chi connectivity index (χ0) is 47.3. The quantitative estimate of drug-likeness (QED) is 0.0481. The highest BCUT2D eigenvalue weighted by Gasteiger charge is 2.33. The van der Waals surface area contributed by atoms with Gasteiger partial charge in [0.05, 0.1) is 18.8 Å². The molecule has 14 heteroatoms. The van der Waals surface area contributed by atoms with E-state index in [0.29, 0.717) is 18.7 Å². The van der Waals surface area contributed by atoms with Gasteiger partial charge in [0.15, 0.2) is 0 Å². The van der Waals surface area contributed by atoms with Crippen LogP contribution in [0.15, 0.2) is 67.2 Å². The summed E-state index contributed by atoms with van der Waals surface area (Å²) in [6.07, 6.45) is 27.7. The van der Waals surface area contributed by atoms with E-state index in [-0.39, 0.29) is 42.6 Å². The number of hydrogen-bond acceptors (Lipinski definition) is 9. The molecular weight excluding hydrogens is 803 g/mol. The summed E-state index contributed by atoms with van der Waals surface area (Å²) in [5, 5.41) is 10.4. The third kappa shape index (κ3) is 23.6. The molecule has 5 amide bonds. The maximum absolute atomic E-state index is 12.9. The molecule has 3 aliphatic carbocycles. The lowest BCUT2D eigenvalue weighted by atomic mass is 9.83. The first-order valence-corrected chi connectivity index (χ1v) is 23.7. The molecule has 3 fully saturated rings. The van der Waals surface area contributed by atoms with E-state index in [9.17, 15) is 28.8 Å². The second kappa shape index (κ2) is 38.1. The Morgan fingerprint density at radius 2 is 1.52 bits per heavy atom. The zero-order valence-corrected chi connectivity index (χ0v) is 40.4. The van der Waals surface area contributed by atoms with Gasteiger partial charge in [-0.15, -0.1) is 6.58 Å². The lowest BCUT2D eigenvalue weighted by Crippen LogP contribution is -2.53. The highest BCUT2D eigenvalue weighted by Crippen LogP contribution is 2.33. The molecule has 350 valence electrons. The first-order valence-electron chi connectivity index (χ1n) is 22.8. The van der Waals surface area contributed by atoms with Crippen LogP contribution < -0.4 is 21.3 Å². The predicted molar refractivity (Wildman–Crippen MR) is 257 cm³/mol. The van der Waals surface area contributed by atoms with Crippen molar-refractivity contribution in [1.29, 1.82) is 0 Å². The number of hydrogen-bond donors (Lipinski definition) is 5. The summed E-state index contributed by atoms with van der Waals surface area (Å²) in [7, 11) is 0. The van der Waals surface area contributed by atoms with E-state index in [4.69, 9.17) is 0 Å². The largest absolute Gasteiger partial charge is 0.348 e. The molecule has 1 aromatic heterocycles. The molecule has 4 N–H and O–H groups in total. The minimum Gasteiger partial charge on any atom is -0.348 e. The Bertz CT molecular complexity index is 1510. The van der Waals surface area contributed by atoms with E-state index in [1.54, 1.807) is 6.26 Å². The minimum absolute atomic E-state index is 0.0343. The maximum Gasteiger partial charge on any atom is 0.289 e.